The molecule has 0 saturated carbocycles. The molecule has 1 N–H and O–H groups in total. The normalized spacial score (nSPS) is 11.1. The molecule has 0 amide bonds. The summed E-state index contributed by atoms with van der Waals surface area (Å²) in [5, 5.41) is 13.9. The molecule has 5 heteroatoms. The van der Waals surface area contributed by atoms with Gasteiger partial charge in [0.2, 0.25) is 0 Å². The molecule has 0 aliphatic heterocycles. The number of rotatable bonds is 3. The van der Waals surface area contributed by atoms with E-state index in [0.717, 1.165) is 10.8 Å². The van der Waals surface area contributed by atoms with E-state index < -0.39 is 0 Å². The number of hydrazone groups is 1. The van der Waals surface area contributed by atoms with Crippen LogP contribution in [-0.4, -0.2) is 16.4 Å². The van der Waals surface area contributed by atoms with Gasteiger partial charge in [0.1, 0.15) is 5.82 Å². The Morgan fingerprint density at radius 3 is 2.90 bits per heavy atom. The van der Waals surface area contributed by atoms with E-state index in [-0.39, 0.29) is 5.82 Å². The largest absolute Gasteiger partial charge is 0.259 e. The van der Waals surface area contributed by atoms with Crippen molar-refractivity contribution in [3.8, 4) is 0 Å². The van der Waals surface area contributed by atoms with Gasteiger partial charge in [0, 0.05) is 10.8 Å². The van der Waals surface area contributed by atoms with E-state index in [1.165, 1.54) is 18.3 Å². The number of nitrogens with zero attached hydrogens (tertiary/aromatic N) is 3. The molecule has 0 atom stereocenters. The Balaban J connectivity index is 1.84. The zero-order chi connectivity index (χ0) is 13.8. The van der Waals surface area contributed by atoms with Crippen molar-refractivity contribution in [3.05, 3.63) is 66.1 Å². The summed E-state index contributed by atoms with van der Waals surface area (Å²) in [5.41, 5.74) is 3.50. The van der Waals surface area contributed by atoms with Gasteiger partial charge in [-0.25, -0.2) is 4.39 Å². The molecule has 1 heterocycles. The van der Waals surface area contributed by atoms with Crippen LogP contribution in [0.1, 0.15) is 5.56 Å². The van der Waals surface area contributed by atoms with Gasteiger partial charge < -0.3 is 0 Å². The van der Waals surface area contributed by atoms with Crippen molar-refractivity contribution in [1.82, 2.24) is 10.2 Å². The van der Waals surface area contributed by atoms with Crippen LogP contribution in [0.5, 0.6) is 0 Å². The third-order valence-corrected chi connectivity index (χ3v) is 2.80. The summed E-state index contributed by atoms with van der Waals surface area (Å²) in [6, 6.07) is 13.9. The van der Waals surface area contributed by atoms with E-state index in [2.05, 4.69) is 20.7 Å². The van der Waals surface area contributed by atoms with E-state index in [1.54, 1.807) is 18.3 Å². The number of hydrogen-bond acceptors (Lipinski definition) is 4. The molecule has 0 bridgehead atoms. The first-order valence-corrected chi connectivity index (χ1v) is 6.08. The highest BCUT2D eigenvalue weighted by Crippen LogP contribution is 2.18. The highest BCUT2D eigenvalue weighted by Gasteiger charge is 2.00. The molecule has 2 aromatic carbocycles. The minimum Gasteiger partial charge on any atom is -0.259 e. The van der Waals surface area contributed by atoms with E-state index in [9.17, 15) is 4.39 Å². The first-order chi connectivity index (χ1) is 9.83. The van der Waals surface area contributed by atoms with Crippen molar-refractivity contribution in [3.63, 3.8) is 0 Å². The molecule has 0 fully saturated rings. The Kier molecular flexibility index (Phi) is 3.33. The molecule has 0 radical (unpaired) electrons. The van der Waals surface area contributed by atoms with Gasteiger partial charge in [-0.3, -0.25) is 5.43 Å². The zero-order valence-corrected chi connectivity index (χ0v) is 10.5. The Morgan fingerprint density at radius 2 is 2.00 bits per heavy atom. The molecule has 0 unspecified atom stereocenters. The van der Waals surface area contributed by atoms with Crippen molar-refractivity contribution in [1.29, 1.82) is 0 Å². The lowest BCUT2D eigenvalue weighted by molar-refractivity contribution is 0.627. The lowest BCUT2D eigenvalue weighted by Crippen LogP contribution is -1.96. The Labute approximate surface area is 115 Å². The number of nitrogens with one attached hydrogen (secondary N) is 1. The van der Waals surface area contributed by atoms with Crippen LogP contribution in [0.4, 0.5) is 10.2 Å². The fourth-order valence-corrected chi connectivity index (χ4v) is 1.87. The Morgan fingerprint density at radius 1 is 1.10 bits per heavy atom. The van der Waals surface area contributed by atoms with Gasteiger partial charge in [-0.15, -0.1) is 5.10 Å². The predicted molar refractivity (Wildman–Crippen MR) is 77.2 cm³/mol. The van der Waals surface area contributed by atoms with Crippen molar-refractivity contribution in [2.24, 2.45) is 5.10 Å². The second kappa shape index (κ2) is 5.44. The minimum absolute atomic E-state index is 0.293. The van der Waals surface area contributed by atoms with Gasteiger partial charge >= 0.3 is 0 Å². The molecule has 0 aliphatic carbocycles. The molecule has 0 aliphatic rings. The zero-order valence-electron chi connectivity index (χ0n) is 10.5. The fourth-order valence-electron chi connectivity index (χ4n) is 1.87. The Bertz CT molecular complexity index is 765. The Hall–Kier alpha value is -2.82. The summed E-state index contributed by atoms with van der Waals surface area (Å²) >= 11 is 0. The number of hydrogen-bond donors (Lipinski definition) is 1. The van der Waals surface area contributed by atoms with Crippen LogP contribution in [0.3, 0.4) is 0 Å². The van der Waals surface area contributed by atoms with Crippen LogP contribution < -0.4 is 5.43 Å². The maximum absolute atomic E-state index is 13.0. The summed E-state index contributed by atoms with van der Waals surface area (Å²) in [6.45, 7) is 0. The summed E-state index contributed by atoms with van der Waals surface area (Å²) < 4.78 is 13.0. The number of aromatic nitrogens is 2. The van der Waals surface area contributed by atoms with Crippen molar-refractivity contribution in [2.45, 2.75) is 0 Å². The lowest BCUT2D eigenvalue weighted by Gasteiger charge is -2.02. The smallest absolute Gasteiger partial charge is 0.176 e. The van der Waals surface area contributed by atoms with Gasteiger partial charge in [0.05, 0.1) is 12.4 Å². The van der Waals surface area contributed by atoms with E-state index >= 15 is 0 Å². The first kappa shape index (κ1) is 12.2. The summed E-state index contributed by atoms with van der Waals surface area (Å²) in [6.07, 6.45) is 3.23. The maximum Gasteiger partial charge on any atom is 0.176 e. The second-order valence-corrected chi connectivity index (χ2v) is 4.21. The molecule has 98 valence electrons. The third kappa shape index (κ3) is 2.61. The quantitative estimate of drug-likeness (QED) is 0.585. The van der Waals surface area contributed by atoms with Gasteiger partial charge in [0.25, 0.3) is 0 Å². The van der Waals surface area contributed by atoms with Gasteiger partial charge in [-0.1, -0.05) is 36.4 Å². The SMILES string of the molecule is Fc1cccc(/C=N\Nc2nncc3ccccc23)c1. The standard InChI is InChI=1S/C15H11FN4/c16-13-6-3-4-11(8-13)9-17-19-15-14-7-2-1-5-12(14)10-18-20-15/h1-10H,(H,19,20)/b17-9-. The van der Waals surface area contributed by atoms with Crippen LogP contribution >= 0.6 is 0 Å². The molecule has 0 spiro atoms. The topological polar surface area (TPSA) is 50.2 Å². The van der Waals surface area contributed by atoms with Crippen LogP contribution in [0, 0.1) is 5.82 Å². The van der Waals surface area contributed by atoms with E-state index in [4.69, 9.17) is 0 Å². The molecular weight excluding hydrogens is 255 g/mol. The number of halogens is 1. The summed E-state index contributed by atoms with van der Waals surface area (Å²) in [7, 11) is 0. The third-order valence-electron chi connectivity index (χ3n) is 2.80. The molecular formula is C15H11FN4. The van der Waals surface area contributed by atoms with Crippen molar-refractivity contribution < 1.29 is 4.39 Å². The van der Waals surface area contributed by atoms with Crippen LogP contribution in [-0.2, 0) is 0 Å². The molecule has 3 aromatic rings. The monoisotopic (exact) mass is 266 g/mol. The predicted octanol–water partition coefficient (Wildman–Crippen LogP) is 3.21. The average Bonchev–Trinajstić information content (AvgIpc) is 2.48. The fraction of sp³-hybridized carbons (Fsp3) is 0. The van der Waals surface area contributed by atoms with Crippen molar-refractivity contribution in [2.75, 3.05) is 5.43 Å². The average molecular weight is 266 g/mol. The number of anilines is 1. The number of benzene rings is 2. The van der Waals surface area contributed by atoms with E-state index in [0.29, 0.717) is 11.4 Å². The highest BCUT2D eigenvalue weighted by atomic mass is 19.1. The number of fused-ring (bicyclic) bond motifs is 1. The summed E-state index contributed by atoms with van der Waals surface area (Å²) in [5.74, 6) is 0.273. The van der Waals surface area contributed by atoms with Gasteiger partial charge in [0.15, 0.2) is 5.82 Å². The maximum atomic E-state index is 13.0. The van der Waals surface area contributed by atoms with Crippen LogP contribution in [0.25, 0.3) is 10.8 Å². The summed E-state index contributed by atoms with van der Waals surface area (Å²) in [4.78, 5) is 0. The van der Waals surface area contributed by atoms with E-state index in [1.807, 2.05) is 24.3 Å². The highest BCUT2D eigenvalue weighted by molar-refractivity contribution is 5.91. The molecule has 0 saturated heterocycles. The second-order valence-electron chi connectivity index (χ2n) is 4.21. The lowest BCUT2D eigenvalue weighted by atomic mass is 10.2. The molecule has 1 aromatic heterocycles. The minimum atomic E-state index is -0.293. The molecule has 20 heavy (non-hydrogen) atoms. The van der Waals surface area contributed by atoms with Gasteiger partial charge in [-0.05, 0) is 17.7 Å². The van der Waals surface area contributed by atoms with Gasteiger partial charge in [-0.2, -0.15) is 10.2 Å². The molecule has 3 rings (SSSR count). The van der Waals surface area contributed by atoms with Crippen molar-refractivity contribution >= 4 is 22.8 Å². The molecule has 4 nitrogen and oxygen atoms in total. The van der Waals surface area contributed by atoms with Crippen LogP contribution in [0.2, 0.25) is 0 Å². The van der Waals surface area contributed by atoms with Crippen LogP contribution in [0.15, 0.2) is 59.8 Å². The first-order valence-electron chi connectivity index (χ1n) is 6.08.